The molecule has 1 saturated heterocycles. The van der Waals surface area contributed by atoms with E-state index in [2.05, 4.69) is 119 Å². The van der Waals surface area contributed by atoms with Gasteiger partial charge in [-0.15, -0.1) is 0 Å². The van der Waals surface area contributed by atoms with Gasteiger partial charge in [-0.25, -0.2) is 0 Å². The Morgan fingerprint density at radius 3 is 1.09 bits per heavy atom. The average molecular weight is 603 g/mol. The van der Waals surface area contributed by atoms with Gasteiger partial charge in [0.1, 0.15) is 0 Å². The van der Waals surface area contributed by atoms with Gasteiger partial charge in [0.2, 0.25) is 0 Å². The van der Waals surface area contributed by atoms with E-state index in [1.807, 2.05) is 0 Å². The minimum absolute atomic E-state index is 0.721. The Labute approximate surface area is 269 Å². The summed E-state index contributed by atoms with van der Waals surface area (Å²) in [6, 6.07) is 40.7. The van der Waals surface area contributed by atoms with Crippen LogP contribution in [0.5, 0.6) is 0 Å². The van der Waals surface area contributed by atoms with E-state index in [1.54, 1.807) is 0 Å². The smallest absolute Gasteiger partial charge is 0.0594 e. The van der Waals surface area contributed by atoms with E-state index in [4.69, 9.17) is 9.47 Å². The van der Waals surface area contributed by atoms with Gasteiger partial charge in [-0.1, -0.05) is 109 Å². The quantitative estimate of drug-likeness (QED) is 0.188. The molecular formula is C42H38N2O2. The molecule has 4 nitrogen and oxygen atoms in total. The standard InChI is InChI=1S/C42H38N2O2/c1-3-29-7-9-33-11-13-35(37-17-15-31(5-1)39(29)41(33)37)27-43-19-23-45-25-21-44(22-26-46-24-20-43)28-36-14-12-34-10-8-30-4-2-6-32-16-18-38(36)42(34)40(30)32/h1-18H,19-28H2. The Morgan fingerprint density at radius 2 is 0.696 bits per heavy atom. The van der Waals surface area contributed by atoms with Crippen molar-refractivity contribution in [3.05, 3.63) is 120 Å². The van der Waals surface area contributed by atoms with E-state index in [1.165, 1.54) is 75.8 Å². The number of ether oxygens (including phenoxy) is 2. The zero-order valence-corrected chi connectivity index (χ0v) is 26.2. The van der Waals surface area contributed by atoms with Crippen LogP contribution < -0.4 is 0 Å². The zero-order chi connectivity index (χ0) is 30.5. The van der Waals surface area contributed by atoms with Gasteiger partial charge in [-0.3, -0.25) is 9.80 Å². The van der Waals surface area contributed by atoms with Crippen LogP contribution in [0.1, 0.15) is 11.1 Å². The maximum absolute atomic E-state index is 6.28. The molecule has 0 radical (unpaired) electrons. The molecule has 0 N–H and O–H groups in total. The molecule has 1 aliphatic heterocycles. The first-order valence-electron chi connectivity index (χ1n) is 16.7. The van der Waals surface area contributed by atoms with Crippen LogP contribution in [0, 0.1) is 0 Å². The largest absolute Gasteiger partial charge is 0.379 e. The molecule has 8 aromatic rings. The molecule has 0 unspecified atom stereocenters. The monoisotopic (exact) mass is 602 g/mol. The van der Waals surface area contributed by atoms with Crippen LogP contribution in [0.3, 0.4) is 0 Å². The van der Waals surface area contributed by atoms with Crippen molar-refractivity contribution in [3.8, 4) is 0 Å². The number of rotatable bonds is 4. The van der Waals surface area contributed by atoms with Crippen molar-refractivity contribution in [1.29, 1.82) is 0 Å². The molecule has 0 atom stereocenters. The fourth-order valence-electron chi connectivity index (χ4n) is 7.87. The van der Waals surface area contributed by atoms with Crippen LogP contribution in [0.15, 0.2) is 109 Å². The second kappa shape index (κ2) is 11.8. The third-order valence-corrected chi connectivity index (χ3v) is 10.2. The van der Waals surface area contributed by atoms with Crippen LogP contribution in [0.4, 0.5) is 0 Å². The summed E-state index contributed by atoms with van der Waals surface area (Å²) in [6.07, 6.45) is 0. The number of benzene rings is 8. The van der Waals surface area contributed by atoms with Gasteiger partial charge in [0.05, 0.1) is 26.4 Å². The van der Waals surface area contributed by atoms with Crippen molar-refractivity contribution >= 4 is 64.6 Å². The van der Waals surface area contributed by atoms with Gasteiger partial charge in [0.25, 0.3) is 0 Å². The third kappa shape index (κ3) is 4.94. The lowest BCUT2D eigenvalue weighted by Gasteiger charge is -2.27. The lowest BCUT2D eigenvalue weighted by Crippen LogP contribution is -2.35. The fraction of sp³-hybridized carbons (Fsp3) is 0.238. The summed E-state index contributed by atoms with van der Waals surface area (Å²) in [7, 11) is 0. The highest BCUT2D eigenvalue weighted by Gasteiger charge is 2.16. The van der Waals surface area contributed by atoms with Gasteiger partial charge in [-0.05, 0) is 75.8 Å². The van der Waals surface area contributed by atoms with E-state index in [0.29, 0.717) is 0 Å². The minimum Gasteiger partial charge on any atom is -0.379 e. The Morgan fingerprint density at radius 1 is 0.370 bits per heavy atom. The summed E-state index contributed by atoms with van der Waals surface area (Å²) in [5.41, 5.74) is 2.75. The van der Waals surface area contributed by atoms with Crippen LogP contribution in [0.25, 0.3) is 64.6 Å². The maximum atomic E-state index is 6.28. The Kier molecular flexibility index (Phi) is 7.17. The van der Waals surface area contributed by atoms with Crippen molar-refractivity contribution in [2.45, 2.75) is 13.1 Å². The first kappa shape index (κ1) is 27.9. The van der Waals surface area contributed by atoms with E-state index >= 15 is 0 Å². The lowest BCUT2D eigenvalue weighted by molar-refractivity contribution is 0.0344. The van der Waals surface area contributed by atoms with Crippen LogP contribution in [-0.4, -0.2) is 62.4 Å². The van der Waals surface area contributed by atoms with Crippen molar-refractivity contribution in [1.82, 2.24) is 9.80 Å². The summed E-state index contributed by atoms with van der Waals surface area (Å²) in [6.45, 7) is 8.22. The fourth-order valence-corrected chi connectivity index (χ4v) is 7.87. The third-order valence-electron chi connectivity index (χ3n) is 10.2. The van der Waals surface area contributed by atoms with Gasteiger partial charge < -0.3 is 9.47 Å². The van der Waals surface area contributed by atoms with E-state index < -0.39 is 0 Å². The first-order valence-corrected chi connectivity index (χ1v) is 16.7. The van der Waals surface area contributed by atoms with Crippen molar-refractivity contribution < 1.29 is 9.47 Å². The van der Waals surface area contributed by atoms with E-state index in [9.17, 15) is 0 Å². The van der Waals surface area contributed by atoms with Crippen molar-refractivity contribution in [3.63, 3.8) is 0 Å². The van der Waals surface area contributed by atoms with Crippen molar-refractivity contribution in [2.24, 2.45) is 0 Å². The molecule has 0 amide bonds. The summed E-state index contributed by atoms with van der Waals surface area (Å²) >= 11 is 0. The Bertz CT molecular complexity index is 2100. The summed E-state index contributed by atoms with van der Waals surface area (Å²) in [4.78, 5) is 4.99. The van der Waals surface area contributed by atoms with Crippen LogP contribution in [-0.2, 0) is 22.6 Å². The van der Waals surface area contributed by atoms with Gasteiger partial charge in [-0.2, -0.15) is 0 Å². The molecule has 8 aromatic carbocycles. The van der Waals surface area contributed by atoms with E-state index in [-0.39, 0.29) is 0 Å². The summed E-state index contributed by atoms with van der Waals surface area (Å²) < 4.78 is 12.6. The van der Waals surface area contributed by atoms with Gasteiger partial charge >= 0.3 is 0 Å². The lowest BCUT2D eigenvalue weighted by atomic mass is 9.92. The van der Waals surface area contributed by atoms with Crippen LogP contribution in [0.2, 0.25) is 0 Å². The molecule has 1 aliphatic rings. The molecular weight excluding hydrogens is 564 g/mol. The molecule has 228 valence electrons. The molecule has 9 rings (SSSR count). The molecule has 1 heterocycles. The molecule has 0 saturated carbocycles. The normalized spacial score (nSPS) is 16.7. The number of hydrogen-bond donors (Lipinski definition) is 0. The zero-order valence-electron chi connectivity index (χ0n) is 26.2. The number of hydrogen-bond acceptors (Lipinski definition) is 4. The van der Waals surface area contributed by atoms with Gasteiger partial charge in [0.15, 0.2) is 0 Å². The highest BCUT2D eigenvalue weighted by molar-refractivity contribution is 6.24. The Hall–Kier alpha value is -4.32. The molecule has 4 heteroatoms. The average Bonchev–Trinajstić information content (AvgIpc) is 3.09. The molecule has 0 bridgehead atoms. The topological polar surface area (TPSA) is 24.9 Å². The summed E-state index contributed by atoms with van der Waals surface area (Å²) in [5.74, 6) is 0. The van der Waals surface area contributed by atoms with Crippen LogP contribution >= 0.6 is 0 Å². The molecule has 0 aromatic heterocycles. The SMILES string of the molecule is c1cc2ccc3ccc(CN4CCOCCN(Cc5ccc6ccc7cccc8ccc5c6c78)CCOCC4)c4ccc(c1)c2c34. The predicted octanol–water partition coefficient (Wildman–Crippen LogP) is 8.83. The van der Waals surface area contributed by atoms with Crippen molar-refractivity contribution in [2.75, 3.05) is 52.6 Å². The highest BCUT2D eigenvalue weighted by Crippen LogP contribution is 2.37. The second-order valence-electron chi connectivity index (χ2n) is 12.9. The minimum atomic E-state index is 0.721. The molecule has 0 aliphatic carbocycles. The van der Waals surface area contributed by atoms with E-state index in [0.717, 1.165) is 65.7 Å². The predicted molar refractivity (Wildman–Crippen MR) is 192 cm³/mol. The maximum Gasteiger partial charge on any atom is 0.0594 e. The molecule has 1 fully saturated rings. The Balaban J connectivity index is 0.900. The summed E-state index contributed by atoms with van der Waals surface area (Å²) in [5, 5.41) is 16.1. The highest BCUT2D eigenvalue weighted by atomic mass is 16.5. The first-order chi connectivity index (χ1) is 22.8. The van der Waals surface area contributed by atoms with Gasteiger partial charge in [0, 0.05) is 39.3 Å². The number of nitrogens with zero attached hydrogens (tertiary/aromatic N) is 2. The molecule has 46 heavy (non-hydrogen) atoms. The molecule has 0 spiro atoms. The second-order valence-corrected chi connectivity index (χ2v) is 12.9.